The summed E-state index contributed by atoms with van der Waals surface area (Å²) in [6.07, 6.45) is 2.99. The first-order valence-corrected chi connectivity index (χ1v) is 8.73. The molecule has 1 saturated heterocycles. The maximum Gasteiger partial charge on any atom is 0.310 e. The fourth-order valence-electron chi connectivity index (χ4n) is 4.43. The molecule has 0 saturated carbocycles. The van der Waals surface area contributed by atoms with Crippen molar-refractivity contribution in [2.24, 2.45) is 11.8 Å². The molecule has 1 aromatic heterocycles. The Morgan fingerprint density at radius 3 is 2.84 bits per heavy atom. The SMILES string of the molecule is C/C=C1\CN[C@H]2Cc3c([nH]c4ccccc34)C(=O)C[C@H]1[C@H]2C(=O)OC. The highest BCUT2D eigenvalue weighted by molar-refractivity contribution is 6.03. The molecule has 0 unspecified atom stereocenters. The molecular formula is C20H22N2O3. The van der Waals surface area contributed by atoms with Crippen LogP contribution >= 0.6 is 0 Å². The summed E-state index contributed by atoms with van der Waals surface area (Å²) in [5.74, 6) is -0.603. The number of ether oxygens (including phenoxy) is 1. The topological polar surface area (TPSA) is 71.2 Å². The number of allylic oxidation sites excluding steroid dienone is 1. The molecule has 2 aromatic rings. The summed E-state index contributed by atoms with van der Waals surface area (Å²) in [5, 5.41) is 4.56. The molecular weight excluding hydrogens is 316 g/mol. The van der Waals surface area contributed by atoms with Crippen molar-refractivity contribution in [2.45, 2.75) is 25.8 Å². The molecule has 2 N–H and O–H groups in total. The molecule has 4 rings (SSSR count). The third kappa shape index (κ3) is 2.50. The van der Waals surface area contributed by atoms with E-state index in [-0.39, 0.29) is 29.6 Å². The third-order valence-corrected chi connectivity index (χ3v) is 5.68. The van der Waals surface area contributed by atoms with E-state index in [2.05, 4.69) is 10.3 Å². The molecule has 130 valence electrons. The lowest BCUT2D eigenvalue weighted by atomic mass is 9.71. The Morgan fingerprint density at radius 1 is 1.28 bits per heavy atom. The van der Waals surface area contributed by atoms with E-state index in [1.807, 2.05) is 37.3 Å². The van der Waals surface area contributed by atoms with Crippen LogP contribution in [0, 0.1) is 11.8 Å². The molecule has 25 heavy (non-hydrogen) atoms. The lowest BCUT2D eigenvalue weighted by molar-refractivity contribution is -0.148. The number of nitrogens with one attached hydrogen (secondary N) is 2. The molecule has 1 aliphatic carbocycles. The predicted octanol–water partition coefficient (Wildman–Crippen LogP) is 2.62. The van der Waals surface area contributed by atoms with E-state index in [4.69, 9.17) is 4.74 Å². The minimum atomic E-state index is -0.337. The zero-order valence-corrected chi connectivity index (χ0v) is 14.5. The molecule has 3 atom stereocenters. The summed E-state index contributed by atoms with van der Waals surface area (Å²) in [7, 11) is 1.42. The normalized spacial score (nSPS) is 27.7. The van der Waals surface area contributed by atoms with E-state index in [0.717, 1.165) is 22.0 Å². The number of aromatic amines is 1. The van der Waals surface area contributed by atoms with E-state index in [1.165, 1.54) is 7.11 Å². The predicted molar refractivity (Wildman–Crippen MR) is 95.5 cm³/mol. The van der Waals surface area contributed by atoms with Crippen LogP contribution < -0.4 is 5.32 Å². The molecule has 1 fully saturated rings. The fraction of sp³-hybridized carbons (Fsp3) is 0.400. The number of methoxy groups -OCH3 is 1. The van der Waals surface area contributed by atoms with Gasteiger partial charge in [0.25, 0.3) is 0 Å². The minimum Gasteiger partial charge on any atom is -0.469 e. The Kier molecular flexibility index (Phi) is 3.96. The van der Waals surface area contributed by atoms with Crippen LogP contribution in [0.3, 0.4) is 0 Å². The maximum absolute atomic E-state index is 13.0. The van der Waals surface area contributed by atoms with Gasteiger partial charge in [-0.1, -0.05) is 29.8 Å². The van der Waals surface area contributed by atoms with Gasteiger partial charge in [0.1, 0.15) is 0 Å². The number of ketones is 1. The Bertz CT molecular complexity index is 880. The highest BCUT2D eigenvalue weighted by atomic mass is 16.5. The number of hydrogen-bond donors (Lipinski definition) is 2. The second-order valence-corrected chi connectivity index (χ2v) is 6.86. The van der Waals surface area contributed by atoms with E-state index in [1.54, 1.807) is 0 Å². The molecule has 5 nitrogen and oxygen atoms in total. The highest BCUT2D eigenvalue weighted by Crippen LogP contribution is 2.38. The Balaban J connectivity index is 1.87. The lowest BCUT2D eigenvalue weighted by Crippen LogP contribution is -2.53. The Labute approximate surface area is 146 Å². The summed E-state index contributed by atoms with van der Waals surface area (Å²) < 4.78 is 5.08. The van der Waals surface area contributed by atoms with Crippen LogP contribution in [-0.2, 0) is 16.0 Å². The minimum absolute atomic E-state index is 0.0350. The van der Waals surface area contributed by atoms with Crippen LogP contribution in [0.25, 0.3) is 10.9 Å². The Morgan fingerprint density at radius 2 is 2.08 bits per heavy atom. The number of esters is 1. The zero-order chi connectivity index (χ0) is 17.6. The van der Waals surface area contributed by atoms with Gasteiger partial charge in [-0.05, 0) is 25.0 Å². The second-order valence-electron chi connectivity index (χ2n) is 6.86. The average molecular weight is 338 g/mol. The van der Waals surface area contributed by atoms with Gasteiger partial charge in [-0.3, -0.25) is 9.59 Å². The second kappa shape index (κ2) is 6.15. The van der Waals surface area contributed by atoms with Crippen molar-refractivity contribution in [1.29, 1.82) is 0 Å². The summed E-state index contributed by atoms with van der Waals surface area (Å²) in [4.78, 5) is 28.8. The quantitative estimate of drug-likeness (QED) is 0.619. The molecule has 0 radical (unpaired) electrons. The van der Waals surface area contributed by atoms with Crippen LogP contribution in [0.15, 0.2) is 35.9 Å². The van der Waals surface area contributed by atoms with Crippen LogP contribution in [-0.4, -0.2) is 36.4 Å². The third-order valence-electron chi connectivity index (χ3n) is 5.68. The molecule has 2 bridgehead atoms. The van der Waals surface area contributed by atoms with Crippen molar-refractivity contribution in [2.75, 3.05) is 13.7 Å². The number of hydrogen-bond acceptors (Lipinski definition) is 4. The van der Waals surface area contributed by atoms with Crippen LogP contribution in [0.1, 0.15) is 29.4 Å². The molecule has 1 aliphatic heterocycles. The number of Topliss-reactive ketones (excluding diaryl/α,β-unsaturated/α-hetero) is 1. The standard InChI is InChI=1S/C20H22N2O3/c1-3-11-10-21-16-8-14-12-6-4-5-7-15(12)22-19(14)17(23)9-13(11)18(16)20(24)25-2/h3-7,13,16,18,21-22H,8-10H2,1-2H3/b11-3+/t13-,16+,18-/m1/s1. The number of para-hydroxylation sites is 1. The number of piperidine rings is 1. The number of carbonyl (C=O) groups is 2. The largest absolute Gasteiger partial charge is 0.469 e. The first-order valence-electron chi connectivity index (χ1n) is 8.73. The lowest BCUT2D eigenvalue weighted by Gasteiger charge is -2.40. The van der Waals surface area contributed by atoms with Crippen molar-refractivity contribution in [3.63, 3.8) is 0 Å². The van der Waals surface area contributed by atoms with Gasteiger partial charge in [0.2, 0.25) is 0 Å². The molecule has 0 spiro atoms. The monoisotopic (exact) mass is 338 g/mol. The van der Waals surface area contributed by atoms with Gasteiger partial charge >= 0.3 is 5.97 Å². The fourth-order valence-corrected chi connectivity index (χ4v) is 4.43. The van der Waals surface area contributed by atoms with Crippen molar-refractivity contribution >= 4 is 22.7 Å². The van der Waals surface area contributed by atoms with Gasteiger partial charge in [0.05, 0.1) is 18.7 Å². The molecule has 2 aliphatic rings. The van der Waals surface area contributed by atoms with E-state index >= 15 is 0 Å². The van der Waals surface area contributed by atoms with Gasteiger partial charge in [-0.2, -0.15) is 0 Å². The number of fused-ring (bicyclic) bond motifs is 5. The van der Waals surface area contributed by atoms with Crippen LogP contribution in [0.2, 0.25) is 0 Å². The van der Waals surface area contributed by atoms with Crippen molar-refractivity contribution < 1.29 is 14.3 Å². The van der Waals surface area contributed by atoms with Crippen LogP contribution in [0.5, 0.6) is 0 Å². The summed E-state index contributed by atoms with van der Waals surface area (Å²) >= 11 is 0. The average Bonchev–Trinajstić information content (AvgIpc) is 2.99. The zero-order valence-electron chi connectivity index (χ0n) is 14.5. The number of rotatable bonds is 1. The number of H-pyrrole nitrogens is 1. The first kappa shape index (κ1) is 16.1. The van der Waals surface area contributed by atoms with Gasteiger partial charge in [-0.15, -0.1) is 0 Å². The van der Waals surface area contributed by atoms with Crippen molar-refractivity contribution in [3.05, 3.63) is 47.2 Å². The van der Waals surface area contributed by atoms with Gasteiger partial charge in [0.15, 0.2) is 5.78 Å². The van der Waals surface area contributed by atoms with Gasteiger partial charge in [-0.25, -0.2) is 0 Å². The Hall–Kier alpha value is -2.40. The molecule has 1 aromatic carbocycles. The summed E-state index contributed by atoms with van der Waals surface area (Å²) in [5.41, 5.74) is 3.78. The maximum atomic E-state index is 13.0. The number of aromatic nitrogens is 1. The molecule has 0 amide bonds. The van der Waals surface area contributed by atoms with Crippen molar-refractivity contribution in [3.8, 4) is 0 Å². The van der Waals surface area contributed by atoms with E-state index < -0.39 is 0 Å². The van der Waals surface area contributed by atoms with E-state index in [0.29, 0.717) is 25.1 Å². The summed E-state index contributed by atoms with van der Waals surface area (Å²) in [6.45, 7) is 2.67. The molecule has 5 heteroatoms. The highest BCUT2D eigenvalue weighted by Gasteiger charge is 2.44. The van der Waals surface area contributed by atoms with Gasteiger partial charge in [0, 0.05) is 35.8 Å². The number of carbonyl (C=O) groups excluding carboxylic acids is 2. The smallest absolute Gasteiger partial charge is 0.310 e. The number of benzene rings is 1. The summed E-state index contributed by atoms with van der Waals surface area (Å²) in [6, 6.07) is 7.92. The van der Waals surface area contributed by atoms with Crippen molar-refractivity contribution in [1.82, 2.24) is 10.3 Å². The van der Waals surface area contributed by atoms with E-state index in [9.17, 15) is 9.59 Å². The first-order chi connectivity index (χ1) is 12.1. The van der Waals surface area contributed by atoms with Crippen LogP contribution in [0.4, 0.5) is 0 Å². The molecule has 2 heterocycles. The van der Waals surface area contributed by atoms with Gasteiger partial charge < -0.3 is 15.0 Å².